The highest BCUT2D eigenvalue weighted by molar-refractivity contribution is 5.14. The van der Waals surface area contributed by atoms with E-state index < -0.39 is 0 Å². The summed E-state index contributed by atoms with van der Waals surface area (Å²) < 4.78 is 0. The molecule has 0 amide bonds. The number of nitrogens with two attached hydrogens (primary N) is 1. The minimum absolute atomic E-state index is 0.0593. The topological polar surface area (TPSA) is 54.7 Å². The van der Waals surface area contributed by atoms with E-state index in [4.69, 9.17) is 5.73 Å². The number of aromatic amines is 1. The zero-order valence-corrected chi connectivity index (χ0v) is 8.02. The first-order valence-electron chi connectivity index (χ1n) is 4.50. The Morgan fingerprint density at radius 3 is 2.58 bits per heavy atom. The molecule has 12 heavy (non-hydrogen) atoms. The summed E-state index contributed by atoms with van der Waals surface area (Å²) in [6, 6.07) is 0.0593. The normalized spacial score (nSPS) is 13.3. The molecule has 0 fully saturated rings. The molecule has 0 saturated carbocycles. The summed E-state index contributed by atoms with van der Waals surface area (Å²) in [5, 5.41) is 0. The van der Waals surface area contributed by atoms with Crippen LogP contribution in [0.5, 0.6) is 0 Å². The van der Waals surface area contributed by atoms with Gasteiger partial charge in [0.2, 0.25) is 0 Å². The average molecular weight is 167 g/mol. The molecule has 1 atom stereocenters. The van der Waals surface area contributed by atoms with Crippen molar-refractivity contribution in [3.05, 3.63) is 17.2 Å². The summed E-state index contributed by atoms with van der Waals surface area (Å²) in [6.07, 6.45) is 1.90. The van der Waals surface area contributed by atoms with E-state index in [0.717, 1.165) is 30.1 Å². The van der Waals surface area contributed by atoms with Crippen molar-refractivity contribution < 1.29 is 0 Å². The molecule has 3 heteroatoms. The zero-order valence-electron chi connectivity index (χ0n) is 8.02. The monoisotopic (exact) mass is 167 g/mol. The predicted octanol–water partition coefficient (Wildman–Crippen LogP) is 1.69. The molecule has 3 nitrogen and oxygen atoms in total. The molecule has 0 aliphatic carbocycles. The highest BCUT2D eigenvalue weighted by atomic mass is 15.0. The van der Waals surface area contributed by atoms with Crippen molar-refractivity contribution in [2.45, 2.75) is 39.7 Å². The molecule has 68 valence electrons. The molecular weight excluding hydrogens is 150 g/mol. The second-order valence-corrected chi connectivity index (χ2v) is 3.06. The van der Waals surface area contributed by atoms with Gasteiger partial charge in [0.05, 0.1) is 11.7 Å². The molecule has 1 rings (SSSR count). The standard InChI is InChI=1S/C9H17N3/c1-4-7(10)9-11-6(3)8(5-2)12-9/h7H,4-5,10H2,1-3H3,(H,11,12). The predicted molar refractivity (Wildman–Crippen MR) is 49.9 cm³/mol. The van der Waals surface area contributed by atoms with E-state index in [9.17, 15) is 0 Å². The summed E-state index contributed by atoms with van der Waals surface area (Å²) >= 11 is 0. The van der Waals surface area contributed by atoms with Gasteiger partial charge in [0, 0.05) is 5.69 Å². The zero-order chi connectivity index (χ0) is 9.14. The van der Waals surface area contributed by atoms with Crippen molar-refractivity contribution in [3.8, 4) is 0 Å². The SMILES string of the molecule is CCc1nc(C(N)CC)[nH]c1C. The van der Waals surface area contributed by atoms with Crippen molar-refractivity contribution in [1.29, 1.82) is 0 Å². The highest BCUT2D eigenvalue weighted by Gasteiger charge is 2.09. The van der Waals surface area contributed by atoms with Gasteiger partial charge in [-0.25, -0.2) is 4.98 Å². The molecular formula is C9H17N3. The minimum atomic E-state index is 0.0593. The number of hydrogen-bond acceptors (Lipinski definition) is 2. The Hall–Kier alpha value is -0.830. The number of aryl methyl sites for hydroxylation is 2. The van der Waals surface area contributed by atoms with E-state index in [1.54, 1.807) is 0 Å². The molecule has 0 aliphatic rings. The summed E-state index contributed by atoms with van der Waals surface area (Å²) in [5.41, 5.74) is 8.12. The van der Waals surface area contributed by atoms with E-state index in [0.29, 0.717) is 0 Å². The van der Waals surface area contributed by atoms with Gasteiger partial charge in [-0.05, 0) is 19.8 Å². The minimum Gasteiger partial charge on any atom is -0.345 e. The first kappa shape index (κ1) is 9.26. The van der Waals surface area contributed by atoms with E-state index >= 15 is 0 Å². The third-order valence-corrected chi connectivity index (χ3v) is 2.13. The Kier molecular flexibility index (Phi) is 2.87. The number of nitrogens with one attached hydrogen (secondary N) is 1. The van der Waals surface area contributed by atoms with E-state index in [1.165, 1.54) is 0 Å². The molecule has 1 heterocycles. The van der Waals surface area contributed by atoms with Crippen molar-refractivity contribution in [3.63, 3.8) is 0 Å². The number of H-pyrrole nitrogens is 1. The van der Waals surface area contributed by atoms with Crippen LogP contribution in [0.15, 0.2) is 0 Å². The van der Waals surface area contributed by atoms with Gasteiger partial charge in [0.1, 0.15) is 5.82 Å². The Labute approximate surface area is 73.4 Å². The van der Waals surface area contributed by atoms with Crippen LogP contribution in [-0.4, -0.2) is 9.97 Å². The quantitative estimate of drug-likeness (QED) is 0.719. The maximum absolute atomic E-state index is 5.84. The second-order valence-electron chi connectivity index (χ2n) is 3.06. The van der Waals surface area contributed by atoms with Gasteiger partial charge >= 0.3 is 0 Å². The van der Waals surface area contributed by atoms with Gasteiger partial charge in [-0.3, -0.25) is 0 Å². The van der Waals surface area contributed by atoms with Crippen LogP contribution in [0.1, 0.15) is 43.5 Å². The third kappa shape index (κ3) is 1.67. The molecule has 1 unspecified atom stereocenters. The maximum atomic E-state index is 5.84. The Bertz CT molecular complexity index is 252. The smallest absolute Gasteiger partial charge is 0.123 e. The third-order valence-electron chi connectivity index (χ3n) is 2.13. The lowest BCUT2D eigenvalue weighted by Gasteiger charge is -2.02. The number of imidazole rings is 1. The summed E-state index contributed by atoms with van der Waals surface area (Å²) in [4.78, 5) is 7.63. The van der Waals surface area contributed by atoms with Crippen LogP contribution in [0.25, 0.3) is 0 Å². The summed E-state index contributed by atoms with van der Waals surface area (Å²) in [5.74, 6) is 0.923. The van der Waals surface area contributed by atoms with E-state index in [2.05, 4.69) is 23.8 Å². The number of nitrogens with zero attached hydrogens (tertiary/aromatic N) is 1. The molecule has 1 aromatic rings. The van der Waals surface area contributed by atoms with Crippen LogP contribution in [0.4, 0.5) is 0 Å². The van der Waals surface area contributed by atoms with Crippen LogP contribution in [0, 0.1) is 6.92 Å². The first-order chi connectivity index (χ1) is 5.69. The summed E-state index contributed by atoms with van der Waals surface area (Å²) in [6.45, 7) is 6.20. The van der Waals surface area contributed by atoms with Crippen LogP contribution in [0.3, 0.4) is 0 Å². The molecule has 3 N–H and O–H groups in total. The summed E-state index contributed by atoms with van der Waals surface area (Å²) in [7, 11) is 0. The first-order valence-corrected chi connectivity index (χ1v) is 4.50. The van der Waals surface area contributed by atoms with E-state index in [1.807, 2.05) is 6.92 Å². The van der Waals surface area contributed by atoms with Crippen molar-refractivity contribution in [2.24, 2.45) is 5.73 Å². The fourth-order valence-corrected chi connectivity index (χ4v) is 1.23. The van der Waals surface area contributed by atoms with Crippen molar-refractivity contribution in [1.82, 2.24) is 9.97 Å². The van der Waals surface area contributed by atoms with Crippen LogP contribution >= 0.6 is 0 Å². The molecule has 0 radical (unpaired) electrons. The Morgan fingerprint density at radius 1 is 1.50 bits per heavy atom. The highest BCUT2D eigenvalue weighted by Crippen LogP contribution is 2.12. The number of rotatable bonds is 3. The number of aromatic nitrogens is 2. The van der Waals surface area contributed by atoms with Crippen LogP contribution in [0.2, 0.25) is 0 Å². The maximum Gasteiger partial charge on any atom is 0.123 e. The van der Waals surface area contributed by atoms with Crippen LogP contribution in [-0.2, 0) is 6.42 Å². The fourth-order valence-electron chi connectivity index (χ4n) is 1.23. The molecule has 0 aromatic carbocycles. The van der Waals surface area contributed by atoms with Crippen molar-refractivity contribution in [2.75, 3.05) is 0 Å². The molecule has 1 aromatic heterocycles. The Morgan fingerprint density at radius 2 is 2.17 bits per heavy atom. The van der Waals surface area contributed by atoms with Gasteiger partial charge in [-0.2, -0.15) is 0 Å². The van der Waals surface area contributed by atoms with Gasteiger partial charge in [-0.15, -0.1) is 0 Å². The molecule has 0 aliphatic heterocycles. The lowest BCUT2D eigenvalue weighted by Crippen LogP contribution is -2.10. The largest absolute Gasteiger partial charge is 0.345 e. The lowest BCUT2D eigenvalue weighted by molar-refractivity contribution is 0.655. The van der Waals surface area contributed by atoms with Crippen LogP contribution < -0.4 is 5.73 Å². The Balaban J connectivity index is 2.88. The van der Waals surface area contributed by atoms with Gasteiger partial charge in [0.15, 0.2) is 0 Å². The van der Waals surface area contributed by atoms with Gasteiger partial charge in [0.25, 0.3) is 0 Å². The second kappa shape index (κ2) is 3.72. The fraction of sp³-hybridized carbons (Fsp3) is 0.667. The molecule has 0 spiro atoms. The van der Waals surface area contributed by atoms with Gasteiger partial charge in [-0.1, -0.05) is 13.8 Å². The molecule has 0 saturated heterocycles. The number of hydrogen-bond donors (Lipinski definition) is 2. The molecule has 0 bridgehead atoms. The lowest BCUT2D eigenvalue weighted by atomic mass is 10.2. The average Bonchev–Trinajstić information content (AvgIpc) is 2.45. The van der Waals surface area contributed by atoms with Crippen molar-refractivity contribution >= 4 is 0 Å². The van der Waals surface area contributed by atoms with E-state index in [-0.39, 0.29) is 6.04 Å². The van der Waals surface area contributed by atoms with Gasteiger partial charge < -0.3 is 10.7 Å².